The van der Waals surface area contributed by atoms with Crippen molar-refractivity contribution in [3.63, 3.8) is 0 Å². The highest BCUT2D eigenvalue weighted by molar-refractivity contribution is 5.99. The van der Waals surface area contributed by atoms with E-state index in [0.717, 1.165) is 16.6 Å². The van der Waals surface area contributed by atoms with Crippen LogP contribution in [0.4, 0.5) is 6.01 Å². The number of nitrogens with zero attached hydrogens (tertiary/aromatic N) is 2. The van der Waals surface area contributed by atoms with Crippen LogP contribution in [-0.2, 0) is 4.79 Å². The van der Waals surface area contributed by atoms with Gasteiger partial charge in [0.15, 0.2) is 5.58 Å². The molecule has 0 fully saturated rings. The van der Waals surface area contributed by atoms with Crippen LogP contribution in [0.25, 0.3) is 11.1 Å². The molecule has 0 N–H and O–H groups in total. The first-order valence-electron chi connectivity index (χ1n) is 8.47. The molecule has 0 aliphatic rings. The van der Waals surface area contributed by atoms with E-state index in [1.807, 2.05) is 84.9 Å². The fourth-order valence-electron chi connectivity index (χ4n) is 3.06. The first kappa shape index (κ1) is 16.1. The van der Waals surface area contributed by atoms with Gasteiger partial charge in [0.25, 0.3) is 0 Å². The van der Waals surface area contributed by atoms with Gasteiger partial charge in [0.1, 0.15) is 5.52 Å². The Balaban J connectivity index is 1.74. The highest BCUT2D eigenvalue weighted by Gasteiger charge is 2.28. The Morgan fingerprint density at radius 3 is 1.96 bits per heavy atom. The van der Waals surface area contributed by atoms with Crippen LogP contribution in [0.3, 0.4) is 0 Å². The van der Waals surface area contributed by atoms with Crippen molar-refractivity contribution in [2.75, 3.05) is 11.9 Å². The van der Waals surface area contributed by atoms with Gasteiger partial charge in [-0.1, -0.05) is 72.8 Å². The highest BCUT2D eigenvalue weighted by atomic mass is 16.4. The van der Waals surface area contributed by atoms with E-state index >= 15 is 0 Å². The van der Waals surface area contributed by atoms with Crippen LogP contribution >= 0.6 is 0 Å². The molecular formula is C22H18N2O2. The number of aromatic nitrogens is 1. The molecular weight excluding hydrogens is 324 g/mol. The lowest BCUT2D eigenvalue weighted by atomic mass is 9.90. The summed E-state index contributed by atoms with van der Waals surface area (Å²) in [7, 11) is 1.70. The molecule has 0 aliphatic carbocycles. The summed E-state index contributed by atoms with van der Waals surface area (Å²) in [6.45, 7) is 0. The summed E-state index contributed by atoms with van der Waals surface area (Å²) in [6, 6.07) is 27.3. The zero-order chi connectivity index (χ0) is 17.9. The average Bonchev–Trinajstić information content (AvgIpc) is 3.13. The third kappa shape index (κ3) is 2.97. The molecule has 4 heteroatoms. The number of fused-ring (bicyclic) bond motifs is 1. The Kier molecular flexibility index (Phi) is 4.23. The van der Waals surface area contributed by atoms with E-state index in [0.29, 0.717) is 11.6 Å². The van der Waals surface area contributed by atoms with Crippen LogP contribution in [0.1, 0.15) is 17.0 Å². The number of anilines is 1. The van der Waals surface area contributed by atoms with E-state index in [2.05, 4.69) is 4.98 Å². The molecule has 0 unspecified atom stereocenters. The Hall–Kier alpha value is -3.40. The monoisotopic (exact) mass is 342 g/mol. The number of rotatable bonds is 4. The fourth-order valence-corrected chi connectivity index (χ4v) is 3.06. The minimum atomic E-state index is -0.419. The van der Waals surface area contributed by atoms with Crippen molar-refractivity contribution in [2.45, 2.75) is 5.92 Å². The van der Waals surface area contributed by atoms with Gasteiger partial charge in [-0.15, -0.1) is 0 Å². The van der Waals surface area contributed by atoms with Gasteiger partial charge in [-0.2, -0.15) is 4.98 Å². The van der Waals surface area contributed by atoms with Gasteiger partial charge in [0.05, 0.1) is 5.92 Å². The molecule has 4 rings (SSSR count). The molecule has 0 spiro atoms. The summed E-state index contributed by atoms with van der Waals surface area (Å²) in [6.07, 6.45) is 0. The zero-order valence-electron chi connectivity index (χ0n) is 14.4. The zero-order valence-corrected chi connectivity index (χ0v) is 14.4. The number of benzene rings is 3. The quantitative estimate of drug-likeness (QED) is 0.543. The molecule has 4 nitrogen and oxygen atoms in total. The summed E-state index contributed by atoms with van der Waals surface area (Å²) in [5.41, 5.74) is 3.27. The van der Waals surface area contributed by atoms with Crippen LogP contribution in [0.5, 0.6) is 0 Å². The number of carbonyl (C=O) groups excluding carboxylic acids is 1. The third-order valence-corrected chi connectivity index (χ3v) is 4.41. The summed E-state index contributed by atoms with van der Waals surface area (Å²) < 4.78 is 5.77. The van der Waals surface area contributed by atoms with Crippen molar-refractivity contribution < 1.29 is 9.21 Å². The SMILES string of the molecule is CN(C(=O)C(c1ccccc1)c1ccccc1)c1nc2ccccc2o1. The van der Waals surface area contributed by atoms with E-state index in [1.165, 1.54) is 4.90 Å². The molecule has 0 bridgehead atoms. The van der Waals surface area contributed by atoms with Crippen molar-refractivity contribution >= 4 is 23.0 Å². The van der Waals surface area contributed by atoms with E-state index in [4.69, 9.17) is 4.42 Å². The standard InChI is InChI=1S/C22H18N2O2/c1-24(22-23-18-14-8-9-15-19(18)26-22)21(25)20(16-10-4-2-5-11-16)17-12-6-3-7-13-17/h2-15,20H,1H3. The third-order valence-electron chi connectivity index (χ3n) is 4.41. The molecule has 1 amide bonds. The lowest BCUT2D eigenvalue weighted by molar-refractivity contribution is -0.119. The Bertz CT molecular complexity index is 953. The molecule has 1 heterocycles. The average molecular weight is 342 g/mol. The Morgan fingerprint density at radius 1 is 0.846 bits per heavy atom. The van der Waals surface area contributed by atoms with Crippen LogP contribution in [0, 0.1) is 0 Å². The highest BCUT2D eigenvalue weighted by Crippen LogP contribution is 2.29. The van der Waals surface area contributed by atoms with Crippen molar-refractivity contribution in [3.8, 4) is 0 Å². The molecule has 0 saturated heterocycles. The molecule has 4 aromatic rings. The van der Waals surface area contributed by atoms with Gasteiger partial charge in [-0.05, 0) is 23.3 Å². The van der Waals surface area contributed by atoms with Gasteiger partial charge < -0.3 is 4.42 Å². The van der Waals surface area contributed by atoms with Crippen molar-refractivity contribution in [1.29, 1.82) is 0 Å². The normalized spacial score (nSPS) is 11.0. The molecule has 1 aromatic heterocycles. The second-order valence-electron chi connectivity index (χ2n) is 6.12. The van der Waals surface area contributed by atoms with Crippen molar-refractivity contribution in [1.82, 2.24) is 4.98 Å². The van der Waals surface area contributed by atoms with Gasteiger partial charge in [-0.3, -0.25) is 9.69 Å². The number of para-hydroxylation sites is 2. The second kappa shape index (κ2) is 6.84. The van der Waals surface area contributed by atoms with Crippen molar-refractivity contribution in [3.05, 3.63) is 96.1 Å². The maximum Gasteiger partial charge on any atom is 0.304 e. The van der Waals surface area contributed by atoms with Gasteiger partial charge in [0, 0.05) is 7.05 Å². The van der Waals surface area contributed by atoms with E-state index in [1.54, 1.807) is 7.05 Å². The molecule has 0 atom stereocenters. The van der Waals surface area contributed by atoms with Gasteiger partial charge in [0.2, 0.25) is 5.91 Å². The Morgan fingerprint density at radius 2 is 1.38 bits per heavy atom. The molecule has 0 radical (unpaired) electrons. The van der Waals surface area contributed by atoms with Crippen LogP contribution in [0.15, 0.2) is 89.3 Å². The largest absolute Gasteiger partial charge is 0.423 e. The summed E-state index contributed by atoms with van der Waals surface area (Å²) in [5, 5.41) is 0. The van der Waals surface area contributed by atoms with Crippen LogP contribution in [0.2, 0.25) is 0 Å². The lowest BCUT2D eigenvalue weighted by Gasteiger charge is -2.22. The molecule has 0 aliphatic heterocycles. The lowest BCUT2D eigenvalue weighted by Crippen LogP contribution is -2.32. The molecule has 26 heavy (non-hydrogen) atoms. The summed E-state index contributed by atoms with van der Waals surface area (Å²) in [5.74, 6) is -0.508. The number of hydrogen-bond acceptors (Lipinski definition) is 3. The van der Waals surface area contributed by atoms with E-state index in [9.17, 15) is 4.79 Å². The predicted molar refractivity (Wildman–Crippen MR) is 102 cm³/mol. The number of amides is 1. The molecule has 128 valence electrons. The predicted octanol–water partition coefficient (Wildman–Crippen LogP) is 4.62. The molecule has 3 aromatic carbocycles. The number of oxazole rings is 1. The van der Waals surface area contributed by atoms with Crippen molar-refractivity contribution in [2.24, 2.45) is 0 Å². The topological polar surface area (TPSA) is 46.3 Å². The smallest absolute Gasteiger partial charge is 0.304 e. The number of carbonyl (C=O) groups is 1. The second-order valence-corrected chi connectivity index (χ2v) is 6.12. The summed E-state index contributed by atoms with van der Waals surface area (Å²) >= 11 is 0. The minimum absolute atomic E-state index is 0.0889. The van der Waals surface area contributed by atoms with E-state index < -0.39 is 5.92 Å². The summed E-state index contributed by atoms with van der Waals surface area (Å²) in [4.78, 5) is 19.3. The Labute approximate surface area is 151 Å². The molecule has 0 saturated carbocycles. The minimum Gasteiger partial charge on any atom is -0.423 e. The van der Waals surface area contributed by atoms with Crippen LogP contribution < -0.4 is 4.90 Å². The van der Waals surface area contributed by atoms with E-state index in [-0.39, 0.29) is 5.91 Å². The number of hydrogen-bond donors (Lipinski definition) is 0. The maximum absolute atomic E-state index is 13.3. The number of likely N-dealkylation sites (N-methyl/N-ethyl adjacent to an activating group) is 1. The first-order chi connectivity index (χ1) is 12.7. The van der Waals surface area contributed by atoms with Gasteiger partial charge in [-0.25, -0.2) is 0 Å². The fraction of sp³-hybridized carbons (Fsp3) is 0.0909. The van der Waals surface area contributed by atoms with Gasteiger partial charge >= 0.3 is 6.01 Å². The maximum atomic E-state index is 13.3. The van der Waals surface area contributed by atoms with Crippen LogP contribution in [-0.4, -0.2) is 17.9 Å². The first-order valence-corrected chi connectivity index (χ1v) is 8.47.